The van der Waals surface area contributed by atoms with Crippen molar-refractivity contribution in [2.24, 2.45) is 0 Å². The van der Waals surface area contributed by atoms with Crippen molar-refractivity contribution in [2.75, 3.05) is 26.4 Å². The van der Waals surface area contributed by atoms with E-state index in [0.717, 1.165) is 89.9 Å². The third-order valence-electron chi connectivity index (χ3n) is 8.71. The topological polar surface area (TPSA) is 131 Å². The number of rotatable bonds is 39. The third kappa shape index (κ3) is 40.9. The number of allylic oxidation sites excluding steroid dienone is 10. The van der Waals surface area contributed by atoms with Crippen LogP contribution in [0.3, 0.4) is 0 Å². The first-order chi connectivity index (χ1) is 26.3. The van der Waals surface area contributed by atoms with Gasteiger partial charge in [-0.15, -0.1) is 0 Å². The number of phosphoric acid groups is 1. The first-order valence-electron chi connectivity index (χ1n) is 21.3. The van der Waals surface area contributed by atoms with Crippen molar-refractivity contribution < 1.29 is 37.9 Å². The highest BCUT2D eigenvalue weighted by Crippen LogP contribution is 2.42. The number of esters is 1. The van der Waals surface area contributed by atoms with Crippen LogP contribution in [0.2, 0.25) is 0 Å². The molecule has 2 atom stereocenters. The fourth-order valence-electron chi connectivity index (χ4n) is 5.52. The van der Waals surface area contributed by atoms with Gasteiger partial charge in [-0.3, -0.25) is 18.6 Å². The summed E-state index contributed by atoms with van der Waals surface area (Å²) < 4.78 is 26.8. The van der Waals surface area contributed by atoms with Gasteiger partial charge in [0, 0.05) is 19.4 Å². The van der Waals surface area contributed by atoms with E-state index in [1.54, 1.807) is 0 Å². The Morgan fingerprint density at radius 1 is 0.593 bits per heavy atom. The lowest BCUT2D eigenvalue weighted by atomic mass is 10.0. The van der Waals surface area contributed by atoms with Gasteiger partial charge in [-0.05, 0) is 57.8 Å². The largest absolute Gasteiger partial charge is 0.472 e. The first kappa shape index (κ1) is 51.7. The molecule has 0 saturated carbocycles. The zero-order valence-corrected chi connectivity index (χ0v) is 35.0. The number of nitrogens with one attached hydrogen (secondary N) is 1. The summed E-state index contributed by atoms with van der Waals surface area (Å²) in [4.78, 5) is 33.9. The van der Waals surface area contributed by atoms with Gasteiger partial charge in [0.25, 0.3) is 0 Å². The maximum Gasteiger partial charge on any atom is 0.472 e. The third-order valence-corrected chi connectivity index (χ3v) is 9.70. The van der Waals surface area contributed by atoms with Crippen molar-refractivity contribution >= 4 is 19.7 Å². The molecule has 0 aliphatic heterocycles. The minimum atomic E-state index is -4.42. The van der Waals surface area contributed by atoms with Gasteiger partial charge < -0.3 is 20.1 Å². The van der Waals surface area contributed by atoms with Crippen molar-refractivity contribution in [2.45, 2.75) is 180 Å². The fraction of sp³-hybridized carbons (Fsp3) is 0.727. The molecule has 0 fully saturated rings. The normalized spacial score (nSPS) is 13.9. The van der Waals surface area contributed by atoms with Crippen molar-refractivity contribution in [3.63, 3.8) is 0 Å². The number of hydrogen-bond acceptors (Lipinski definition) is 7. The number of aliphatic hydroxyl groups excluding tert-OH is 1. The standard InChI is InChI=1S/C44H78NO8P/c1-3-5-7-9-11-13-15-17-18-19-20-21-22-23-24-25-26-28-30-32-34-36-43(47)45-38-39-52-54(49,50)53-41-42(46)40-51-44(48)37-35-33-31-29-27-16-14-12-10-8-6-4-2/h5,7,11,13,17-18,20-21,23-24,42,46H,3-4,6,8-10,12,14-16,19,22,25-41H2,1-2H3,(H,45,47)(H,49,50)/b7-5-,13-11-,18-17-,21-20-,24-23-. The Balaban J connectivity index is 3.65. The van der Waals surface area contributed by atoms with E-state index < -0.39 is 26.5 Å². The van der Waals surface area contributed by atoms with Crippen molar-refractivity contribution in [1.29, 1.82) is 0 Å². The molecule has 0 aromatic carbocycles. The van der Waals surface area contributed by atoms with Gasteiger partial charge in [0.1, 0.15) is 12.7 Å². The number of unbranched alkanes of at least 4 members (excludes halogenated alkanes) is 16. The van der Waals surface area contributed by atoms with E-state index in [9.17, 15) is 24.2 Å². The molecule has 10 heteroatoms. The number of amides is 1. The molecular weight excluding hydrogens is 701 g/mol. The Morgan fingerprint density at radius 3 is 1.59 bits per heavy atom. The molecule has 9 nitrogen and oxygen atoms in total. The van der Waals surface area contributed by atoms with E-state index in [4.69, 9.17) is 13.8 Å². The van der Waals surface area contributed by atoms with Gasteiger partial charge in [0.15, 0.2) is 0 Å². The first-order valence-corrected chi connectivity index (χ1v) is 22.8. The molecule has 0 saturated heterocycles. The Kier molecular flexibility index (Phi) is 38.7. The van der Waals surface area contributed by atoms with E-state index in [1.165, 1.54) is 57.8 Å². The molecule has 312 valence electrons. The smallest absolute Gasteiger partial charge is 0.463 e. The molecule has 1 amide bonds. The number of carbonyl (C=O) groups is 2. The summed E-state index contributed by atoms with van der Waals surface area (Å²) in [5.74, 6) is -0.538. The van der Waals surface area contributed by atoms with Crippen LogP contribution >= 0.6 is 7.82 Å². The fourth-order valence-corrected chi connectivity index (χ4v) is 6.28. The second-order valence-electron chi connectivity index (χ2n) is 13.9. The second-order valence-corrected chi connectivity index (χ2v) is 15.4. The van der Waals surface area contributed by atoms with Gasteiger partial charge in [0.05, 0.1) is 13.2 Å². The van der Waals surface area contributed by atoms with Crippen LogP contribution in [-0.4, -0.2) is 54.3 Å². The Morgan fingerprint density at radius 2 is 1.06 bits per heavy atom. The predicted octanol–water partition coefficient (Wildman–Crippen LogP) is 11.7. The highest BCUT2D eigenvalue weighted by molar-refractivity contribution is 7.47. The van der Waals surface area contributed by atoms with E-state index in [-0.39, 0.29) is 32.1 Å². The van der Waals surface area contributed by atoms with Crippen LogP contribution in [0.1, 0.15) is 174 Å². The van der Waals surface area contributed by atoms with Gasteiger partial charge >= 0.3 is 13.8 Å². The summed E-state index contributed by atoms with van der Waals surface area (Å²) in [6.45, 7) is 3.40. The monoisotopic (exact) mass is 780 g/mol. The number of ether oxygens (including phenoxy) is 1. The average Bonchev–Trinajstić information content (AvgIpc) is 3.16. The summed E-state index contributed by atoms with van der Waals surface area (Å²) >= 11 is 0. The van der Waals surface area contributed by atoms with E-state index in [2.05, 4.69) is 79.9 Å². The summed E-state index contributed by atoms with van der Waals surface area (Å²) in [5.41, 5.74) is 0. The molecule has 2 unspecified atom stereocenters. The Hall–Kier alpha value is -2.29. The minimum Gasteiger partial charge on any atom is -0.463 e. The molecule has 54 heavy (non-hydrogen) atoms. The number of aliphatic hydroxyl groups is 1. The Labute approximate surface area is 329 Å². The summed E-state index contributed by atoms with van der Waals surface area (Å²) in [6.07, 6.45) is 47.2. The molecule has 0 aliphatic rings. The maximum absolute atomic E-state index is 12.1. The molecule has 0 aromatic heterocycles. The second kappa shape index (κ2) is 40.4. The van der Waals surface area contributed by atoms with Crippen LogP contribution in [0.5, 0.6) is 0 Å². The maximum atomic E-state index is 12.1. The lowest BCUT2D eigenvalue weighted by Crippen LogP contribution is -2.27. The molecule has 0 spiro atoms. The van der Waals surface area contributed by atoms with Crippen LogP contribution in [0.15, 0.2) is 60.8 Å². The van der Waals surface area contributed by atoms with Crippen LogP contribution in [-0.2, 0) is 27.9 Å². The molecular formula is C44H78NO8P. The van der Waals surface area contributed by atoms with Crippen LogP contribution in [0, 0.1) is 0 Å². The highest BCUT2D eigenvalue weighted by Gasteiger charge is 2.23. The van der Waals surface area contributed by atoms with E-state index in [1.807, 2.05) is 0 Å². The van der Waals surface area contributed by atoms with E-state index in [0.29, 0.717) is 6.42 Å². The average molecular weight is 780 g/mol. The van der Waals surface area contributed by atoms with Gasteiger partial charge in [0.2, 0.25) is 5.91 Å². The number of phosphoric ester groups is 1. The van der Waals surface area contributed by atoms with Crippen LogP contribution in [0.25, 0.3) is 0 Å². The zero-order valence-electron chi connectivity index (χ0n) is 34.1. The molecule has 0 aromatic rings. The number of hydrogen-bond donors (Lipinski definition) is 3. The molecule has 0 radical (unpaired) electrons. The van der Waals surface area contributed by atoms with Crippen LogP contribution < -0.4 is 5.32 Å². The highest BCUT2D eigenvalue weighted by atomic mass is 31.2. The molecule has 0 rings (SSSR count). The molecule has 0 heterocycles. The number of carbonyl (C=O) groups excluding carboxylic acids is 2. The quantitative estimate of drug-likeness (QED) is 0.0243. The summed E-state index contributed by atoms with van der Waals surface area (Å²) in [7, 11) is -4.42. The van der Waals surface area contributed by atoms with Gasteiger partial charge in [-0.25, -0.2) is 4.57 Å². The molecule has 0 aliphatic carbocycles. The zero-order chi connectivity index (χ0) is 39.6. The van der Waals surface area contributed by atoms with Crippen LogP contribution in [0.4, 0.5) is 0 Å². The summed E-state index contributed by atoms with van der Waals surface area (Å²) in [5, 5.41) is 12.7. The Bertz CT molecular complexity index is 1070. The van der Waals surface area contributed by atoms with E-state index >= 15 is 0 Å². The van der Waals surface area contributed by atoms with Gasteiger partial charge in [-0.1, -0.05) is 164 Å². The lowest BCUT2D eigenvalue weighted by molar-refractivity contribution is -0.147. The predicted molar refractivity (Wildman–Crippen MR) is 224 cm³/mol. The molecule has 3 N–H and O–H groups in total. The molecule has 0 bridgehead atoms. The van der Waals surface area contributed by atoms with Crippen molar-refractivity contribution in [3.05, 3.63) is 60.8 Å². The minimum absolute atomic E-state index is 0.0687. The van der Waals surface area contributed by atoms with Crippen molar-refractivity contribution in [1.82, 2.24) is 5.32 Å². The van der Waals surface area contributed by atoms with Crippen molar-refractivity contribution in [3.8, 4) is 0 Å². The van der Waals surface area contributed by atoms with Gasteiger partial charge in [-0.2, -0.15) is 0 Å². The summed E-state index contributed by atoms with van der Waals surface area (Å²) in [6, 6.07) is 0. The lowest BCUT2D eigenvalue weighted by Gasteiger charge is -2.15. The SMILES string of the molecule is CC/C=C\C/C=C\C/C=C\C/C=C\C/C=C\CCCCCCCC(=O)NCCOP(=O)(O)OCC(O)COC(=O)CCCCCCCCCCCCCC.